The summed E-state index contributed by atoms with van der Waals surface area (Å²) in [6, 6.07) is 0. The predicted molar refractivity (Wildman–Crippen MR) is 59.9 cm³/mol. The number of carbonyl (C=O) groups excluding carboxylic acids is 1. The van der Waals surface area contributed by atoms with Crippen LogP contribution in [-0.4, -0.2) is 24.5 Å². The zero-order valence-corrected chi connectivity index (χ0v) is 10.3. The molecule has 1 N–H and O–H groups in total. The number of nitrogens with one attached hydrogen (secondary N) is 1. The van der Waals surface area contributed by atoms with E-state index in [9.17, 15) is 4.79 Å². The third kappa shape index (κ3) is 2.67. The molecule has 2 unspecified atom stereocenters. The van der Waals surface area contributed by atoms with Crippen LogP contribution < -0.4 is 5.32 Å². The first kappa shape index (κ1) is 11.7. The summed E-state index contributed by atoms with van der Waals surface area (Å²) >= 11 is 0. The minimum Gasteiger partial charge on any atom is -0.429 e. The number of ether oxygens (including phenoxy) is 2. The van der Waals surface area contributed by atoms with Gasteiger partial charge in [0.15, 0.2) is 6.23 Å². The minimum absolute atomic E-state index is 0.137. The van der Waals surface area contributed by atoms with Crippen molar-refractivity contribution in [3.63, 3.8) is 0 Å². The summed E-state index contributed by atoms with van der Waals surface area (Å²) in [5.74, 6) is 1.18. The summed E-state index contributed by atoms with van der Waals surface area (Å²) in [6.07, 6.45) is 2.97. The van der Waals surface area contributed by atoms with Crippen LogP contribution in [0.1, 0.15) is 40.0 Å². The van der Waals surface area contributed by atoms with E-state index in [0.29, 0.717) is 11.8 Å². The van der Waals surface area contributed by atoms with Crippen molar-refractivity contribution in [2.45, 2.75) is 51.9 Å². The third-order valence-electron chi connectivity index (χ3n) is 3.30. The highest BCUT2D eigenvalue weighted by atomic mass is 16.7. The van der Waals surface area contributed by atoms with Crippen molar-refractivity contribution in [3.05, 3.63) is 0 Å². The topological polar surface area (TPSA) is 47.6 Å². The lowest BCUT2D eigenvalue weighted by atomic mass is 9.99. The molecular weight excluding hydrogens is 206 g/mol. The Morgan fingerprint density at radius 1 is 1.31 bits per heavy atom. The van der Waals surface area contributed by atoms with Gasteiger partial charge in [-0.05, 0) is 39.5 Å². The molecule has 4 nitrogen and oxygen atoms in total. The first-order valence-corrected chi connectivity index (χ1v) is 6.09. The van der Waals surface area contributed by atoms with Crippen LogP contribution >= 0.6 is 0 Å². The maximum absolute atomic E-state index is 11.5. The zero-order chi connectivity index (χ0) is 11.8. The molecule has 4 heteroatoms. The summed E-state index contributed by atoms with van der Waals surface area (Å²) in [4.78, 5) is 11.5. The molecule has 0 amide bonds. The zero-order valence-electron chi connectivity index (χ0n) is 10.3. The van der Waals surface area contributed by atoms with E-state index in [2.05, 4.69) is 5.32 Å². The number of fused-ring (bicyclic) bond motifs is 1. The van der Waals surface area contributed by atoms with Crippen LogP contribution in [0.25, 0.3) is 0 Å². The summed E-state index contributed by atoms with van der Waals surface area (Å²) in [6.45, 7) is 6.50. The summed E-state index contributed by atoms with van der Waals surface area (Å²) in [5, 5.41) is 3.25. The average molecular weight is 227 g/mol. The van der Waals surface area contributed by atoms with E-state index in [0.717, 1.165) is 13.0 Å². The molecule has 1 aliphatic carbocycles. The van der Waals surface area contributed by atoms with Crippen LogP contribution in [0.5, 0.6) is 0 Å². The standard InChI is InChI=1S/C12H21NO3/c1-12(2,3)16-11(14)15-10-9-6-4-5-8(9)7-13-10/h8-10,13H,4-7H2,1-3H3/t8?,9?,10-/m0/s1. The highest BCUT2D eigenvalue weighted by Crippen LogP contribution is 2.38. The van der Waals surface area contributed by atoms with E-state index in [-0.39, 0.29) is 6.23 Å². The molecule has 0 bridgehead atoms. The van der Waals surface area contributed by atoms with E-state index in [1.54, 1.807) is 0 Å². The van der Waals surface area contributed by atoms with E-state index in [1.807, 2.05) is 20.8 Å². The molecular formula is C12H21NO3. The second-order valence-corrected chi connectivity index (χ2v) is 5.77. The molecule has 2 fully saturated rings. The predicted octanol–water partition coefficient (Wildman–Crippen LogP) is 2.28. The van der Waals surface area contributed by atoms with Gasteiger partial charge in [-0.15, -0.1) is 0 Å². The van der Waals surface area contributed by atoms with Gasteiger partial charge in [0.05, 0.1) is 0 Å². The van der Waals surface area contributed by atoms with Gasteiger partial charge in [-0.25, -0.2) is 4.79 Å². The van der Waals surface area contributed by atoms with Crippen LogP contribution in [0.3, 0.4) is 0 Å². The van der Waals surface area contributed by atoms with Gasteiger partial charge in [0.2, 0.25) is 0 Å². The van der Waals surface area contributed by atoms with Gasteiger partial charge in [0, 0.05) is 12.5 Å². The highest BCUT2D eigenvalue weighted by Gasteiger charge is 2.41. The molecule has 1 saturated heterocycles. The molecule has 0 aromatic heterocycles. The Labute approximate surface area is 96.7 Å². The van der Waals surface area contributed by atoms with Crippen molar-refractivity contribution in [3.8, 4) is 0 Å². The Morgan fingerprint density at radius 3 is 2.75 bits per heavy atom. The Kier molecular flexibility index (Phi) is 3.10. The van der Waals surface area contributed by atoms with Gasteiger partial charge in [0.25, 0.3) is 0 Å². The van der Waals surface area contributed by atoms with Crippen molar-refractivity contribution in [2.24, 2.45) is 11.8 Å². The molecule has 92 valence electrons. The van der Waals surface area contributed by atoms with Gasteiger partial charge < -0.3 is 9.47 Å². The van der Waals surface area contributed by atoms with E-state index in [1.165, 1.54) is 12.8 Å². The molecule has 0 aromatic rings. The number of hydrogen-bond acceptors (Lipinski definition) is 4. The summed E-state index contributed by atoms with van der Waals surface area (Å²) in [5.41, 5.74) is -0.481. The fraction of sp³-hybridized carbons (Fsp3) is 0.917. The molecule has 1 saturated carbocycles. The molecule has 2 rings (SSSR count). The lowest BCUT2D eigenvalue weighted by Gasteiger charge is -2.23. The number of hydrogen-bond donors (Lipinski definition) is 1. The lowest BCUT2D eigenvalue weighted by Crippen LogP contribution is -2.35. The fourth-order valence-corrected chi connectivity index (χ4v) is 2.64. The van der Waals surface area contributed by atoms with Crippen LogP contribution in [0.15, 0.2) is 0 Å². The smallest absolute Gasteiger partial charge is 0.429 e. The molecule has 0 aromatic carbocycles. The Balaban J connectivity index is 1.83. The molecule has 16 heavy (non-hydrogen) atoms. The summed E-state index contributed by atoms with van der Waals surface area (Å²) < 4.78 is 10.5. The minimum atomic E-state index is -0.558. The third-order valence-corrected chi connectivity index (χ3v) is 3.30. The van der Waals surface area contributed by atoms with Gasteiger partial charge in [-0.1, -0.05) is 6.42 Å². The van der Waals surface area contributed by atoms with Crippen molar-refractivity contribution >= 4 is 6.16 Å². The molecule has 0 radical (unpaired) electrons. The Morgan fingerprint density at radius 2 is 2.06 bits per heavy atom. The summed E-state index contributed by atoms with van der Waals surface area (Å²) in [7, 11) is 0. The molecule has 0 spiro atoms. The second kappa shape index (κ2) is 4.24. The molecule has 1 aliphatic heterocycles. The Hall–Kier alpha value is -0.770. The quantitative estimate of drug-likeness (QED) is 0.698. The first-order chi connectivity index (χ1) is 7.46. The van der Waals surface area contributed by atoms with E-state index >= 15 is 0 Å². The van der Waals surface area contributed by atoms with Crippen molar-refractivity contribution in [2.75, 3.05) is 6.54 Å². The monoisotopic (exact) mass is 227 g/mol. The normalized spacial score (nSPS) is 33.6. The van der Waals surface area contributed by atoms with Crippen molar-refractivity contribution in [1.82, 2.24) is 5.32 Å². The van der Waals surface area contributed by atoms with Gasteiger partial charge in [-0.2, -0.15) is 0 Å². The average Bonchev–Trinajstić information content (AvgIpc) is 2.66. The van der Waals surface area contributed by atoms with Crippen LogP contribution in [0.2, 0.25) is 0 Å². The maximum Gasteiger partial charge on any atom is 0.510 e. The first-order valence-electron chi connectivity index (χ1n) is 6.09. The SMILES string of the molecule is CC(C)(C)OC(=O)O[C@@H]1NCC2CCCC21. The van der Waals surface area contributed by atoms with Crippen LogP contribution in [0.4, 0.5) is 4.79 Å². The lowest BCUT2D eigenvalue weighted by molar-refractivity contribution is -0.0402. The number of rotatable bonds is 1. The van der Waals surface area contributed by atoms with Gasteiger partial charge in [-0.3, -0.25) is 5.32 Å². The Bertz CT molecular complexity index is 272. The highest BCUT2D eigenvalue weighted by molar-refractivity contribution is 5.60. The molecule has 1 heterocycles. The number of carbonyl (C=O) groups is 1. The molecule has 2 aliphatic rings. The van der Waals surface area contributed by atoms with Crippen LogP contribution in [-0.2, 0) is 9.47 Å². The van der Waals surface area contributed by atoms with Crippen molar-refractivity contribution in [1.29, 1.82) is 0 Å². The van der Waals surface area contributed by atoms with E-state index in [4.69, 9.17) is 9.47 Å². The van der Waals surface area contributed by atoms with Crippen LogP contribution in [0, 0.1) is 11.8 Å². The largest absolute Gasteiger partial charge is 0.510 e. The second-order valence-electron chi connectivity index (χ2n) is 5.77. The van der Waals surface area contributed by atoms with E-state index < -0.39 is 11.8 Å². The van der Waals surface area contributed by atoms with Crippen molar-refractivity contribution < 1.29 is 14.3 Å². The van der Waals surface area contributed by atoms with Gasteiger partial charge in [0.1, 0.15) is 5.60 Å². The maximum atomic E-state index is 11.5. The fourth-order valence-electron chi connectivity index (χ4n) is 2.64. The molecule has 3 atom stereocenters. The van der Waals surface area contributed by atoms with Gasteiger partial charge >= 0.3 is 6.16 Å².